The van der Waals surface area contributed by atoms with E-state index in [2.05, 4.69) is 85.5 Å². The average Bonchev–Trinajstić information content (AvgIpc) is 2.58. The van der Waals surface area contributed by atoms with Gasteiger partial charge >= 0.3 is 0 Å². The molecule has 0 radical (unpaired) electrons. The van der Waals surface area contributed by atoms with Gasteiger partial charge in [-0.1, -0.05) is 45.9 Å². The maximum absolute atomic E-state index is 4.62. The monoisotopic (exact) mass is 369 g/mol. The Morgan fingerprint density at radius 2 is 1.56 bits per heavy atom. The second-order valence-electron chi connectivity index (χ2n) is 8.02. The Morgan fingerprint density at radius 1 is 0.963 bits per heavy atom. The molecule has 0 fully saturated rings. The van der Waals surface area contributed by atoms with Gasteiger partial charge in [0.15, 0.2) is 0 Å². The normalized spacial score (nSPS) is 11.5. The van der Waals surface area contributed by atoms with Crippen LogP contribution in [0.4, 0.5) is 17.3 Å². The number of para-hydroxylation sites is 1. The molecule has 1 aromatic carbocycles. The highest BCUT2D eigenvalue weighted by Crippen LogP contribution is 2.34. The Morgan fingerprint density at radius 3 is 2.11 bits per heavy atom. The molecular weight excluding hydrogens is 334 g/mol. The molecule has 0 saturated heterocycles. The van der Waals surface area contributed by atoms with Crippen molar-refractivity contribution in [2.75, 3.05) is 37.8 Å². The first-order chi connectivity index (χ1) is 12.8. The van der Waals surface area contributed by atoms with Crippen LogP contribution in [0.5, 0.6) is 0 Å². The van der Waals surface area contributed by atoms with E-state index in [-0.39, 0.29) is 0 Å². The topological polar surface area (TPSA) is 53.1 Å². The Kier molecular flexibility index (Phi) is 7.60. The highest BCUT2D eigenvalue weighted by molar-refractivity contribution is 5.68. The Labute approximate surface area is 164 Å². The van der Waals surface area contributed by atoms with Crippen molar-refractivity contribution >= 4 is 17.3 Å². The van der Waals surface area contributed by atoms with Crippen LogP contribution in [-0.2, 0) is 0 Å². The lowest BCUT2D eigenvalue weighted by Crippen LogP contribution is -2.17. The number of rotatable bonds is 9. The molecule has 0 aliphatic rings. The van der Waals surface area contributed by atoms with E-state index in [0.717, 1.165) is 37.0 Å². The fraction of sp³-hybridized carbons (Fsp3) is 0.545. The molecule has 0 aliphatic carbocycles. The third kappa shape index (κ3) is 6.21. The van der Waals surface area contributed by atoms with Crippen LogP contribution >= 0.6 is 0 Å². The second kappa shape index (κ2) is 9.70. The molecule has 5 heteroatoms. The van der Waals surface area contributed by atoms with E-state index < -0.39 is 0 Å². The zero-order valence-corrected chi connectivity index (χ0v) is 17.9. The average molecular weight is 370 g/mol. The van der Waals surface area contributed by atoms with Crippen molar-refractivity contribution < 1.29 is 0 Å². The first-order valence-corrected chi connectivity index (χ1v) is 9.92. The van der Waals surface area contributed by atoms with Crippen LogP contribution in [0, 0.1) is 6.92 Å². The number of nitrogens with zero attached hydrogens (tertiary/aromatic N) is 3. The highest BCUT2D eigenvalue weighted by atomic mass is 15.1. The predicted molar refractivity (Wildman–Crippen MR) is 116 cm³/mol. The molecule has 0 bridgehead atoms. The maximum Gasteiger partial charge on any atom is 0.136 e. The lowest BCUT2D eigenvalue weighted by molar-refractivity contribution is 0.405. The first-order valence-electron chi connectivity index (χ1n) is 9.92. The van der Waals surface area contributed by atoms with Crippen LogP contribution in [0.2, 0.25) is 0 Å². The molecule has 2 rings (SSSR count). The smallest absolute Gasteiger partial charge is 0.136 e. The summed E-state index contributed by atoms with van der Waals surface area (Å²) < 4.78 is 0. The Bertz CT molecular complexity index is 711. The predicted octanol–water partition coefficient (Wildman–Crippen LogP) is 5.14. The van der Waals surface area contributed by atoms with E-state index in [0.29, 0.717) is 11.8 Å². The van der Waals surface area contributed by atoms with Crippen LogP contribution in [0.25, 0.3) is 0 Å². The third-order valence-electron chi connectivity index (χ3n) is 4.55. The molecule has 0 atom stereocenters. The molecule has 0 saturated carbocycles. The molecule has 0 unspecified atom stereocenters. The standard InChI is InChI=1S/C22H35N5/c1-15(2)18-10-8-11-19(16(3)4)22(18)26-21-14-20(24-17(5)25-21)23-12-9-13-27(6)7/h8,10-11,14-16H,9,12-13H2,1-7H3,(H2,23,24,25,26). The molecule has 27 heavy (non-hydrogen) atoms. The van der Waals surface area contributed by atoms with Gasteiger partial charge in [-0.15, -0.1) is 0 Å². The zero-order chi connectivity index (χ0) is 20.0. The maximum atomic E-state index is 4.62. The summed E-state index contributed by atoms with van der Waals surface area (Å²) in [5, 5.41) is 7.02. The molecule has 0 amide bonds. The summed E-state index contributed by atoms with van der Waals surface area (Å²) in [5.41, 5.74) is 3.81. The van der Waals surface area contributed by atoms with Gasteiger partial charge in [0.2, 0.25) is 0 Å². The summed E-state index contributed by atoms with van der Waals surface area (Å²) in [7, 11) is 4.19. The van der Waals surface area contributed by atoms with Crippen molar-refractivity contribution in [3.8, 4) is 0 Å². The molecule has 1 heterocycles. The van der Waals surface area contributed by atoms with Gasteiger partial charge in [-0.3, -0.25) is 0 Å². The number of hydrogen-bond donors (Lipinski definition) is 2. The van der Waals surface area contributed by atoms with Gasteiger partial charge in [-0.25, -0.2) is 9.97 Å². The van der Waals surface area contributed by atoms with Crippen LogP contribution in [0.1, 0.15) is 62.9 Å². The van der Waals surface area contributed by atoms with Crippen LogP contribution in [0.3, 0.4) is 0 Å². The number of aromatic nitrogens is 2. The van der Waals surface area contributed by atoms with Crippen molar-refractivity contribution in [2.24, 2.45) is 0 Å². The summed E-state index contributed by atoms with van der Waals surface area (Å²) in [6.07, 6.45) is 1.08. The quantitative estimate of drug-likeness (QED) is 0.600. The summed E-state index contributed by atoms with van der Waals surface area (Å²) in [6, 6.07) is 8.56. The van der Waals surface area contributed by atoms with Gasteiger partial charge in [0.05, 0.1) is 0 Å². The van der Waals surface area contributed by atoms with E-state index in [4.69, 9.17) is 0 Å². The van der Waals surface area contributed by atoms with Crippen molar-refractivity contribution in [1.82, 2.24) is 14.9 Å². The summed E-state index contributed by atoms with van der Waals surface area (Å²) >= 11 is 0. The Hall–Kier alpha value is -2.14. The molecule has 2 aromatic rings. The molecule has 148 valence electrons. The van der Waals surface area contributed by atoms with Gasteiger partial charge in [-0.2, -0.15) is 0 Å². The lowest BCUT2D eigenvalue weighted by atomic mass is 9.92. The van der Waals surface area contributed by atoms with Gasteiger partial charge in [0.25, 0.3) is 0 Å². The summed E-state index contributed by atoms with van der Waals surface area (Å²) in [4.78, 5) is 11.3. The molecule has 2 N–H and O–H groups in total. The number of aryl methyl sites for hydroxylation is 1. The van der Waals surface area contributed by atoms with Crippen molar-refractivity contribution in [2.45, 2.75) is 52.9 Å². The van der Waals surface area contributed by atoms with Crippen molar-refractivity contribution in [1.29, 1.82) is 0 Å². The second-order valence-corrected chi connectivity index (χ2v) is 8.02. The first kappa shape index (κ1) is 21.2. The summed E-state index contributed by atoms with van der Waals surface area (Å²) in [6.45, 7) is 12.8. The molecule has 5 nitrogen and oxygen atoms in total. The van der Waals surface area contributed by atoms with E-state index in [1.165, 1.54) is 16.8 Å². The van der Waals surface area contributed by atoms with Crippen LogP contribution in [0.15, 0.2) is 24.3 Å². The van der Waals surface area contributed by atoms with Gasteiger partial charge in [0, 0.05) is 18.3 Å². The zero-order valence-electron chi connectivity index (χ0n) is 17.9. The van der Waals surface area contributed by atoms with Crippen LogP contribution in [-0.4, -0.2) is 42.1 Å². The molecule has 1 aromatic heterocycles. The SMILES string of the molecule is Cc1nc(NCCCN(C)C)cc(Nc2c(C(C)C)cccc2C(C)C)n1. The largest absolute Gasteiger partial charge is 0.370 e. The number of hydrogen-bond acceptors (Lipinski definition) is 5. The lowest BCUT2D eigenvalue weighted by Gasteiger charge is -2.21. The van der Waals surface area contributed by atoms with E-state index >= 15 is 0 Å². The third-order valence-corrected chi connectivity index (χ3v) is 4.55. The van der Waals surface area contributed by atoms with E-state index in [1.54, 1.807) is 0 Å². The number of benzene rings is 1. The van der Waals surface area contributed by atoms with Crippen molar-refractivity contribution in [3.63, 3.8) is 0 Å². The van der Waals surface area contributed by atoms with Crippen molar-refractivity contribution in [3.05, 3.63) is 41.2 Å². The number of anilines is 3. The van der Waals surface area contributed by atoms with Crippen LogP contribution < -0.4 is 10.6 Å². The Balaban J connectivity index is 2.24. The molecule has 0 aliphatic heterocycles. The number of nitrogens with one attached hydrogen (secondary N) is 2. The fourth-order valence-corrected chi connectivity index (χ4v) is 3.16. The fourth-order valence-electron chi connectivity index (χ4n) is 3.16. The highest BCUT2D eigenvalue weighted by Gasteiger charge is 2.15. The molecule has 0 spiro atoms. The minimum Gasteiger partial charge on any atom is -0.370 e. The molecular formula is C22H35N5. The van der Waals surface area contributed by atoms with E-state index in [1.807, 2.05) is 13.0 Å². The summed E-state index contributed by atoms with van der Waals surface area (Å²) in [5.74, 6) is 3.36. The van der Waals surface area contributed by atoms with E-state index in [9.17, 15) is 0 Å². The van der Waals surface area contributed by atoms with Gasteiger partial charge < -0.3 is 15.5 Å². The minimum atomic E-state index is 0.442. The van der Waals surface area contributed by atoms with Gasteiger partial charge in [-0.05, 0) is 56.9 Å². The minimum absolute atomic E-state index is 0.442. The van der Waals surface area contributed by atoms with Gasteiger partial charge in [0.1, 0.15) is 17.5 Å².